The summed E-state index contributed by atoms with van der Waals surface area (Å²) in [5.74, 6) is 0.171. The number of carbonyl (C=O) groups is 2. The summed E-state index contributed by atoms with van der Waals surface area (Å²) >= 11 is 12.1. The summed E-state index contributed by atoms with van der Waals surface area (Å²) in [6.45, 7) is 5.90. The first-order valence-corrected chi connectivity index (χ1v) is 14.4. The van der Waals surface area contributed by atoms with Gasteiger partial charge < -0.3 is 14.8 Å². The molecule has 0 bridgehead atoms. The number of halogens is 2. The van der Waals surface area contributed by atoms with Gasteiger partial charge in [0, 0.05) is 10.6 Å². The first-order valence-electron chi connectivity index (χ1n) is 13.6. The fraction of sp³-hybridized carbons (Fsp3) is 0.242. The third-order valence-electron chi connectivity index (χ3n) is 6.44. The van der Waals surface area contributed by atoms with Gasteiger partial charge in [-0.25, -0.2) is 5.43 Å². The Morgan fingerprint density at radius 2 is 1.60 bits per heavy atom. The molecule has 218 valence electrons. The molecule has 4 rings (SSSR count). The SMILES string of the molecule is CC(C)C[C@@H](NC(=O)[C@H](C)Oc1ccc(Cl)cc1Cl)C(=O)N/N=C\c1c(OCc2ccccc2)ccc2ccccc12. The van der Waals surface area contributed by atoms with Crippen LogP contribution < -0.4 is 20.2 Å². The number of amides is 2. The molecule has 0 spiro atoms. The maximum absolute atomic E-state index is 13.2. The average molecular weight is 607 g/mol. The van der Waals surface area contributed by atoms with Gasteiger partial charge in [-0.15, -0.1) is 0 Å². The molecule has 2 amide bonds. The number of nitrogens with one attached hydrogen (secondary N) is 2. The summed E-state index contributed by atoms with van der Waals surface area (Å²) in [7, 11) is 0. The number of ether oxygens (including phenoxy) is 2. The second-order valence-electron chi connectivity index (χ2n) is 10.2. The zero-order valence-corrected chi connectivity index (χ0v) is 25.2. The summed E-state index contributed by atoms with van der Waals surface area (Å²) in [5, 5.41) is 9.72. The molecule has 0 unspecified atom stereocenters. The van der Waals surface area contributed by atoms with Crippen LogP contribution in [0.3, 0.4) is 0 Å². The predicted molar refractivity (Wildman–Crippen MR) is 168 cm³/mol. The minimum absolute atomic E-state index is 0.128. The second-order valence-corrected chi connectivity index (χ2v) is 11.1. The van der Waals surface area contributed by atoms with E-state index in [4.69, 9.17) is 32.7 Å². The van der Waals surface area contributed by atoms with Crippen molar-refractivity contribution in [2.24, 2.45) is 11.0 Å². The molecular formula is C33H33Cl2N3O4. The number of rotatable bonds is 12. The Labute approximate surface area is 255 Å². The van der Waals surface area contributed by atoms with Gasteiger partial charge in [0.05, 0.1) is 11.2 Å². The van der Waals surface area contributed by atoms with Crippen molar-refractivity contribution < 1.29 is 19.1 Å². The largest absolute Gasteiger partial charge is 0.488 e. The molecule has 0 aromatic heterocycles. The minimum Gasteiger partial charge on any atom is -0.488 e. The number of hydrogen-bond donors (Lipinski definition) is 2. The van der Waals surface area contributed by atoms with Gasteiger partial charge in [-0.2, -0.15) is 5.10 Å². The monoisotopic (exact) mass is 605 g/mol. The van der Waals surface area contributed by atoms with Gasteiger partial charge in [0.2, 0.25) is 0 Å². The molecule has 4 aromatic carbocycles. The minimum atomic E-state index is -0.908. The van der Waals surface area contributed by atoms with Crippen molar-refractivity contribution >= 4 is 52.0 Å². The Bertz CT molecular complexity index is 1560. The molecule has 0 saturated heterocycles. The Balaban J connectivity index is 1.47. The zero-order valence-electron chi connectivity index (χ0n) is 23.6. The fourth-order valence-corrected chi connectivity index (χ4v) is 4.77. The molecule has 0 aliphatic carbocycles. The van der Waals surface area contributed by atoms with Crippen molar-refractivity contribution in [2.75, 3.05) is 0 Å². The maximum atomic E-state index is 13.2. The summed E-state index contributed by atoms with van der Waals surface area (Å²) in [6, 6.07) is 25.5. The van der Waals surface area contributed by atoms with Gasteiger partial charge in [0.1, 0.15) is 24.1 Å². The molecule has 9 heteroatoms. The van der Waals surface area contributed by atoms with Gasteiger partial charge >= 0.3 is 0 Å². The highest BCUT2D eigenvalue weighted by Crippen LogP contribution is 2.29. The van der Waals surface area contributed by atoms with Crippen LogP contribution >= 0.6 is 23.2 Å². The molecule has 2 N–H and O–H groups in total. The Morgan fingerprint density at radius 3 is 2.33 bits per heavy atom. The van der Waals surface area contributed by atoms with E-state index in [0.29, 0.717) is 29.5 Å². The van der Waals surface area contributed by atoms with Crippen LogP contribution in [0.5, 0.6) is 11.5 Å². The number of benzene rings is 4. The van der Waals surface area contributed by atoms with Crippen molar-refractivity contribution in [1.82, 2.24) is 10.7 Å². The van der Waals surface area contributed by atoms with E-state index in [0.717, 1.165) is 21.9 Å². The number of hydrogen-bond acceptors (Lipinski definition) is 5. The zero-order chi connectivity index (χ0) is 30.1. The van der Waals surface area contributed by atoms with E-state index in [2.05, 4.69) is 15.8 Å². The Kier molecular flexibility index (Phi) is 10.8. The van der Waals surface area contributed by atoms with Gasteiger partial charge in [-0.1, -0.05) is 97.7 Å². The molecule has 42 heavy (non-hydrogen) atoms. The van der Waals surface area contributed by atoms with Crippen LogP contribution in [0.25, 0.3) is 10.8 Å². The molecule has 0 fully saturated rings. The molecular weight excluding hydrogens is 573 g/mol. The van der Waals surface area contributed by atoms with E-state index in [1.165, 1.54) is 6.07 Å². The van der Waals surface area contributed by atoms with Gasteiger partial charge in [0.15, 0.2) is 6.10 Å². The lowest BCUT2D eigenvalue weighted by atomic mass is 10.0. The van der Waals surface area contributed by atoms with E-state index < -0.39 is 24.0 Å². The van der Waals surface area contributed by atoms with Crippen LogP contribution in [-0.4, -0.2) is 30.2 Å². The highest BCUT2D eigenvalue weighted by Gasteiger charge is 2.25. The van der Waals surface area contributed by atoms with E-state index in [1.54, 1.807) is 25.3 Å². The predicted octanol–water partition coefficient (Wildman–Crippen LogP) is 7.17. The smallest absolute Gasteiger partial charge is 0.262 e. The molecule has 0 radical (unpaired) electrons. The van der Waals surface area contributed by atoms with Gasteiger partial charge in [-0.3, -0.25) is 9.59 Å². The van der Waals surface area contributed by atoms with E-state index in [9.17, 15) is 9.59 Å². The molecule has 2 atom stereocenters. The molecule has 0 aliphatic rings. The average Bonchev–Trinajstić information content (AvgIpc) is 2.97. The fourth-order valence-electron chi connectivity index (χ4n) is 4.32. The van der Waals surface area contributed by atoms with Crippen molar-refractivity contribution in [3.8, 4) is 11.5 Å². The van der Waals surface area contributed by atoms with Crippen LogP contribution in [0.15, 0.2) is 90.0 Å². The first-order chi connectivity index (χ1) is 20.2. The summed E-state index contributed by atoms with van der Waals surface area (Å²) < 4.78 is 11.9. The summed E-state index contributed by atoms with van der Waals surface area (Å²) in [6.07, 6.45) is 1.07. The summed E-state index contributed by atoms with van der Waals surface area (Å²) in [5.41, 5.74) is 4.36. The lowest BCUT2D eigenvalue weighted by molar-refractivity contribution is -0.132. The maximum Gasteiger partial charge on any atom is 0.262 e. The van der Waals surface area contributed by atoms with Crippen LogP contribution in [0, 0.1) is 5.92 Å². The number of hydrazone groups is 1. The third kappa shape index (κ3) is 8.47. The lowest BCUT2D eigenvalue weighted by Crippen LogP contribution is -2.49. The van der Waals surface area contributed by atoms with Crippen molar-refractivity contribution in [2.45, 2.75) is 45.9 Å². The number of carbonyl (C=O) groups excluding carboxylic acids is 2. The normalized spacial score (nSPS) is 12.7. The third-order valence-corrected chi connectivity index (χ3v) is 6.97. The van der Waals surface area contributed by atoms with Crippen LogP contribution in [-0.2, 0) is 16.2 Å². The number of fused-ring (bicyclic) bond motifs is 1. The Morgan fingerprint density at radius 1 is 0.881 bits per heavy atom. The van der Waals surface area contributed by atoms with Crippen molar-refractivity contribution in [1.29, 1.82) is 0 Å². The van der Waals surface area contributed by atoms with E-state index >= 15 is 0 Å². The van der Waals surface area contributed by atoms with E-state index in [-0.39, 0.29) is 10.9 Å². The topological polar surface area (TPSA) is 89.0 Å². The Hall–Kier alpha value is -4.07. The van der Waals surface area contributed by atoms with Crippen molar-refractivity contribution in [3.05, 3.63) is 106 Å². The van der Waals surface area contributed by atoms with Gasteiger partial charge in [-0.05, 0) is 59.9 Å². The molecule has 0 heterocycles. The quantitative estimate of drug-likeness (QED) is 0.132. The lowest BCUT2D eigenvalue weighted by Gasteiger charge is -2.22. The molecule has 0 aliphatic heterocycles. The van der Waals surface area contributed by atoms with E-state index in [1.807, 2.05) is 80.6 Å². The molecule has 0 saturated carbocycles. The molecule has 7 nitrogen and oxygen atoms in total. The second kappa shape index (κ2) is 14.7. The number of nitrogens with zero attached hydrogens (tertiary/aromatic N) is 1. The first kappa shape index (κ1) is 30.9. The van der Waals surface area contributed by atoms with Crippen LogP contribution in [0.1, 0.15) is 38.3 Å². The van der Waals surface area contributed by atoms with Crippen LogP contribution in [0.4, 0.5) is 0 Å². The van der Waals surface area contributed by atoms with Crippen molar-refractivity contribution in [3.63, 3.8) is 0 Å². The standard InChI is InChI=1S/C33H33Cl2N3O4/c1-21(2)17-29(37-32(39)22(3)42-31-16-14-25(34)18-28(31)35)33(40)38-36-19-27-26-12-8-7-11-24(26)13-15-30(27)41-20-23-9-5-4-6-10-23/h4-16,18-19,21-22,29H,17,20H2,1-3H3,(H,37,39)(H,38,40)/b36-19-/t22-,29+/m0/s1. The van der Waals surface area contributed by atoms with Gasteiger partial charge in [0.25, 0.3) is 11.8 Å². The molecule has 4 aromatic rings. The highest BCUT2D eigenvalue weighted by molar-refractivity contribution is 6.35. The van der Waals surface area contributed by atoms with Crippen LogP contribution in [0.2, 0.25) is 10.0 Å². The highest BCUT2D eigenvalue weighted by atomic mass is 35.5. The summed E-state index contributed by atoms with van der Waals surface area (Å²) in [4.78, 5) is 26.1.